The minimum atomic E-state index is 0.646. The fraction of sp³-hybridized carbons (Fsp3) is 0.385. The maximum atomic E-state index is 4.68. The van der Waals surface area contributed by atoms with E-state index in [2.05, 4.69) is 38.2 Å². The van der Waals surface area contributed by atoms with Crippen molar-refractivity contribution in [1.29, 1.82) is 0 Å². The van der Waals surface area contributed by atoms with Crippen molar-refractivity contribution in [3.05, 3.63) is 47.1 Å². The fourth-order valence-electron chi connectivity index (χ4n) is 2.32. The van der Waals surface area contributed by atoms with E-state index in [1.807, 2.05) is 0 Å². The molecule has 3 rings (SSSR count). The number of aryl methyl sites for hydroxylation is 2. The van der Waals surface area contributed by atoms with E-state index in [-0.39, 0.29) is 0 Å². The molecule has 1 heterocycles. The first kappa shape index (κ1) is 10.5. The molecule has 0 saturated heterocycles. The molecule has 4 nitrogen and oxygen atoms in total. The summed E-state index contributed by atoms with van der Waals surface area (Å²) < 4.78 is 4.68. The zero-order valence-electron chi connectivity index (χ0n) is 9.65. The molecular weight excluding hydrogens is 214 g/mol. The number of hydrogen-bond donors (Lipinski definition) is 1. The van der Waals surface area contributed by atoms with Crippen LogP contribution in [-0.2, 0) is 25.9 Å². The second-order valence-corrected chi connectivity index (χ2v) is 4.41. The summed E-state index contributed by atoms with van der Waals surface area (Å²) in [6.07, 6.45) is 5.13. The smallest absolute Gasteiger partial charge is 0.213 e. The highest BCUT2D eigenvalue weighted by Gasteiger charge is 2.10. The Balaban J connectivity index is 1.58. The van der Waals surface area contributed by atoms with Gasteiger partial charge in [0.05, 0.1) is 6.54 Å². The topological polar surface area (TPSA) is 51.0 Å². The lowest BCUT2D eigenvalue weighted by Gasteiger charge is -2.05. The summed E-state index contributed by atoms with van der Waals surface area (Å²) in [5.74, 6) is 0.700. The third-order valence-electron chi connectivity index (χ3n) is 3.18. The molecule has 1 aliphatic rings. The van der Waals surface area contributed by atoms with Gasteiger partial charge in [0.25, 0.3) is 0 Å². The normalized spacial score (nSPS) is 13.9. The van der Waals surface area contributed by atoms with Crippen LogP contribution in [0.25, 0.3) is 0 Å². The van der Waals surface area contributed by atoms with Gasteiger partial charge in [0, 0.05) is 6.54 Å². The van der Waals surface area contributed by atoms with E-state index in [1.54, 1.807) is 0 Å². The molecule has 17 heavy (non-hydrogen) atoms. The largest absolute Gasteiger partial charge is 0.343 e. The van der Waals surface area contributed by atoms with Gasteiger partial charge in [0.2, 0.25) is 6.39 Å². The van der Waals surface area contributed by atoms with Crippen molar-refractivity contribution < 1.29 is 4.52 Å². The summed E-state index contributed by atoms with van der Waals surface area (Å²) in [6, 6.07) is 6.77. The summed E-state index contributed by atoms with van der Waals surface area (Å²) in [5, 5.41) is 7.07. The standard InChI is InChI=1S/C13H15N3O/c1-2-11-5-4-10(6-12(11)3-1)7-14-8-13-15-9-17-16-13/h4-6,9,14H,1-3,7-8H2. The quantitative estimate of drug-likeness (QED) is 0.869. The van der Waals surface area contributed by atoms with Crippen LogP contribution in [0, 0.1) is 0 Å². The number of nitrogens with zero attached hydrogens (tertiary/aromatic N) is 2. The Morgan fingerprint density at radius 3 is 3.00 bits per heavy atom. The lowest BCUT2D eigenvalue weighted by Crippen LogP contribution is -2.13. The lowest BCUT2D eigenvalue weighted by atomic mass is 10.1. The fourth-order valence-corrected chi connectivity index (χ4v) is 2.32. The summed E-state index contributed by atoms with van der Waals surface area (Å²) >= 11 is 0. The molecule has 1 N–H and O–H groups in total. The van der Waals surface area contributed by atoms with E-state index in [9.17, 15) is 0 Å². The Morgan fingerprint density at radius 2 is 2.12 bits per heavy atom. The molecule has 0 unspecified atom stereocenters. The van der Waals surface area contributed by atoms with Crippen LogP contribution in [-0.4, -0.2) is 10.1 Å². The molecule has 2 aromatic rings. The minimum absolute atomic E-state index is 0.646. The van der Waals surface area contributed by atoms with Gasteiger partial charge in [-0.05, 0) is 36.0 Å². The van der Waals surface area contributed by atoms with E-state index < -0.39 is 0 Å². The van der Waals surface area contributed by atoms with Gasteiger partial charge in [0.15, 0.2) is 5.82 Å². The Kier molecular flexibility index (Phi) is 2.88. The average molecular weight is 229 g/mol. The van der Waals surface area contributed by atoms with Gasteiger partial charge in [0.1, 0.15) is 0 Å². The van der Waals surface area contributed by atoms with Gasteiger partial charge in [-0.25, -0.2) is 0 Å². The van der Waals surface area contributed by atoms with Crippen LogP contribution in [0.4, 0.5) is 0 Å². The van der Waals surface area contributed by atoms with E-state index in [4.69, 9.17) is 0 Å². The number of rotatable bonds is 4. The first-order valence-corrected chi connectivity index (χ1v) is 5.98. The van der Waals surface area contributed by atoms with Crippen LogP contribution in [0.5, 0.6) is 0 Å². The van der Waals surface area contributed by atoms with E-state index in [0.29, 0.717) is 12.4 Å². The van der Waals surface area contributed by atoms with Crippen molar-refractivity contribution in [2.45, 2.75) is 32.4 Å². The third-order valence-corrected chi connectivity index (χ3v) is 3.18. The Bertz CT molecular complexity index is 493. The Morgan fingerprint density at radius 1 is 1.18 bits per heavy atom. The number of aromatic nitrogens is 2. The summed E-state index contributed by atoms with van der Waals surface area (Å²) in [4.78, 5) is 3.96. The summed E-state index contributed by atoms with van der Waals surface area (Å²) in [5.41, 5.74) is 4.37. The molecule has 1 aromatic carbocycles. The highest BCUT2D eigenvalue weighted by atomic mass is 16.5. The van der Waals surface area contributed by atoms with Gasteiger partial charge in [-0.2, -0.15) is 4.98 Å². The number of benzene rings is 1. The van der Waals surface area contributed by atoms with Crippen molar-refractivity contribution in [3.8, 4) is 0 Å². The van der Waals surface area contributed by atoms with Crippen molar-refractivity contribution >= 4 is 0 Å². The van der Waals surface area contributed by atoms with Crippen LogP contribution in [0.15, 0.2) is 29.1 Å². The molecule has 0 fully saturated rings. The van der Waals surface area contributed by atoms with Gasteiger partial charge in [-0.15, -0.1) is 0 Å². The number of fused-ring (bicyclic) bond motifs is 1. The molecule has 0 aliphatic heterocycles. The predicted molar refractivity (Wildman–Crippen MR) is 63.3 cm³/mol. The van der Waals surface area contributed by atoms with Crippen molar-refractivity contribution in [1.82, 2.24) is 15.5 Å². The summed E-state index contributed by atoms with van der Waals surface area (Å²) in [6.45, 7) is 1.50. The SMILES string of the molecule is c1nc(CNCc2ccc3c(c2)CCC3)no1. The van der Waals surface area contributed by atoms with Gasteiger partial charge in [-0.1, -0.05) is 23.4 Å². The first-order chi connectivity index (χ1) is 8.42. The monoisotopic (exact) mass is 229 g/mol. The highest BCUT2D eigenvalue weighted by Crippen LogP contribution is 2.22. The summed E-state index contributed by atoms with van der Waals surface area (Å²) in [7, 11) is 0. The van der Waals surface area contributed by atoms with E-state index >= 15 is 0 Å². The molecule has 0 spiro atoms. The van der Waals surface area contributed by atoms with Crippen molar-refractivity contribution in [2.24, 2.45) is 0 Å². The van der Waals surface area contributed by atoms with Crippen LogP contribution >= 0.6 is 0 Å². The molecule has 4 heteroatoms. The average Bonchev–Trinajstić information content (AvgIpc) is 2.98. The zero-order valence-corrected chi connectivity index (χ0v) is 9.65. The third kappa shape index (κ3) is 2.36. The van der Waals surface area contributed by atoms with E-state index in [0.717, 1.165) is 6.54 Å². The lowest BCUT2D eigenvalue weighted by molar-refractivity contribution is 0.407. The molecule has 1 aromatic heterocycles. The molecule has 0 amide bonds. The molecule has 0 bridgehead atoms. The maximum absolute atomic E-state index is 4.68. The van der Waals surface area contributed by atoms with Crippen molar-refractivity contribution in [3.63, 3.8) is 0 Å². The van der Waals surface area contributed by atoms with Gasteiger partial charge in [-0.3, -0.25) is 0 Å². The molecule has 0 atom stereocenters. The molecular formula is C13H15N3O. The number of hydrogen-bond acceptors (Lipinski definition) is 4. The Hall–Kier alpha value is -1.68. The van der Waals surface area contributed by atoms with Crippen molar-refractivity contribution in [2.75, 3.05) is 0 Å². The van der Waals surface area contributed by atoms with Gasteiger partial charge < -0.3 is 9.84 Å². The second kappa shape index (κ2) is 4.67. The van der Waals surface area contributed by atoms with Crippen LogP contribution in [0.1, 0.15) is 28.9 Å². The number of nitrogens with one attached hydrogen (secondary N) is 1. The minimum Gasteiger partial charge on any atom is -0.343 e. The molecule has 1 aliphatic carbocycles. The van der Waals surface area contributed by atoms with E-state index in [1.165, 1.54) is 42.3 Å². The highest BCUT2D eigenvalue weighted by molar-refractivity contribution is 5.35. The molecule has 88 valence electrons. The van der Waals surface area contributed by atoms with Crippen LogP contribution in [0.3, 0.4) is 0 Å². The first-order valence-electron chi connectivity index (χ1n) is 5.98. The zero-order chi connectivity index (χ0) is 11.5. The maximum Gasteiger partial charge on any atom is 0.213 e. The Labute approximate surface area is 100 Å². The van der Waals surface area contributed by atoms with Gasteiger partial charge >= 0.3 is 0 Å². The van der Waals surface area contributed by atoms with Crippen LogP contribution in [0.2, 0.25) is 0 Å². The predicted octanol–water partition coefficient (Wildman–Crippen LogP) is 1.85. The molecule has 0 saturated carbocycles. The molecule has 0 radical (unpaired) electrons. The van der Waals surface area contributed by atoms with Crippen LogP contribution < -0.4 is 5.32 Å². The second-order valence-electron chi connectivity index (χ2n) is 4.41.